The van der Waals surface area contributed by atoms with Crippen LogP contribution in [0.15, 0.2) is 24.3 Å². The molecule has 0 amide bonds. The summed E-state index contributed by atoms with van der Waals surface area (Å²) in [6, 6.07) is 7.92. The van der Waals surface area contributed by atoms with Crippen LogP contribution in [-0.2, 0) is 11.2 Å². The minimum absolute atomic E-state index is 0.202. The second kappa shape index (κ2) is 7.25. The van der Waals surface area contributed by atoms with Gasteiger partial charge in [0.25, 0.3) is 0 Å². The van der Waals surface area contributed by atoms with Crippen molar-refractivity contribution in [1.29, 1.82) is 0 Å². The Morgan fingerprint density at radius 3 is 2.52 bits per heavy atom. The Morgan fingerprint density at radius 1 is 1.29 bits per heavy atom. The third-order valence-electron chi connectivity index (χ3n) is 3.78. The van der Waals surface area contributed by atoms with E-state index in [2.05, 4.69) is 0 Å². The van der Waals surface area contributed by atoms with Gasteiger partial charge in [-0.25, -0.2) is 0 Å². The molecule has 1 saturated carbocycles. The lowest BCUT2D eigenvalue weighted by molar-refractivity contribution is 0.0545. The summed E-state index contributed by atoms with van der Waals surface area (Å²) >= 11 is 0. The SMILES string of the molecule is CC(C)(N)C(O)COc1ccc(CCOCC2CC2)cc1. The Labute approximate surface area is 127 Å². The Balaban J connectivity index is 1.68. The summed E-state index contributed by atoms with van der Waals surface area (Å²) in [5.41, 5.74) is 6.40. The van der Waals surface area contributed by atoms with E-state index in [0.29, 0.717) is 0 Å². The van der Waals surface area contributed by atoms with Gasteiger partial charge >= 0.3 is 0 Å². The summed E-state index contributed by atoms with van der Waals surface area (Å²) in [6.45, 7) is 5.45. The van der Waals surface area contributed by atoms with Crippen LogP contribution in [0.1, 0.15) is 32.3 Å². The van der Waals surface area contributed by atoms with Gasteiger partial charge in [-0.3, -0.25) is 0 Å². The van der Waals surface area contributed by atoms with Gasteiger partial charge in [0.15, 0.2) is 0 Å². The van der Waals surface area contributed by atoms with Crippen LogP contribution < -0.4 is 10.5 Å². The van der Waals surface area contributed by atoms with E-state index in [0.717, 1.165) is 31.3 Å². The number of aliphatic hydroxyl groups excluding tert-OH is 1. The average molecular weight is 293 g/mol. The molecule has 0 radical (unpaired) electrons. The van der Waals surface area contributed by atoms with E-state index in [9.17, 15) is 5.11 Å². The highest BCUT2D eigenvalue weighted by molar-refractivity contribution is 5.27. The third kappa shape index (κ3) is 6.04. The van der Waals surface area contributed by atoms with Crippen molar-refractivity contribution in [2.45, 2.75) is 44.8 Å². The highest BCUT2D eigenvalue weighted by atomic mass is 16.5. The standard InChI is InChI=1S/C17H27NO3/c1-17(2,18)16(19)12-21-15-7-5-13(6-8-15)9-10-20-11-14-3-4-14/h5-8,14,16,19H,3-4,9-12,18H2,1-2H3. The molecule has 1 aliphatic rings. The van der Waals surface area contributed by atoms with Crippen LogP contribution in [0, 0.1) is 5.92 Å². The molecular formula is C17H27NO3. The maximum atomic E-state index is 9.83. The van der Waals surface area contributed by atoms with E-state index in [1.165, 1.54) is 18.4 Å². The van der Waals surface area contributed by atoms with E-state index in [-0.39, 0.29) is 6.61 Å². The number of rotatable bonds is 9. The quantitative estimate of drug-likeness (QED) is 0.685. The summed E-state index contributed by atoms with van der Waals surface area (Å²) in [7, 11) is 0. The first-order chi connectivity index (χ1) is 9.95. The van der Waals surface area contributed by atoms with Gasteiger partial charge in [-0.05, 0) is 56.7 Å². The molecule has 0 spiro atoms. The Morgan fingerprint density at radius 2 is 1.95 bits per heavy atom. The van der Waals surface area contributed by atoms with Crippen molar-refractivity contribution in [2.24, 2.45) is 11.7 Å². The van der Waals surface area contributed by atoms with Gasteiger partial charge in [-0.1, -0.05) is 12.1 Å². The van der Waals surface area contributed by atoms with Crippen molar-refractivity contribution >= 4 is 0 Å². The fourth-order valence-electron chi connectivity index (χ4n) is 1.87. The lowest BCUT2D eigenvalue weighted by Gasteiger charge is -2.25. The normalized spacial score (nSPS) is 16.8. The molecule has 4 heteroatoms. The van der Waals surface area contributed by atoms with E-state index >= 15 is 0 Å². The molecule has 0 heterocycles. The van der Waals surface area contributed by atoms with Gasteiger partial charge in [0.05, 0.1) is 6.61 Å². The van der Waals surface area contributed by atoms with E-state index in [4.69, 9.17) is 15.2 Å². The molecule has 0 aliphatic heterocycles. The third-order valence-corrected chi connectivity index (χ3v) is 3.78. The van der Waals surface area contributed by atoms with E-state index in [1.54, 1.807) is 13.8 Å². The van der Waals surface area contributed by atoms with Crippen molar-refractivity contribution in [3.05, 3.63) is 29.8 Å². The molecule has 0 saturated heterocycles. The van der Waals surface area contributed by atoms with Crippen molar-refractivity contribution in [2.75, 3.05) is 19.8 Å². The predicted molar refractivity (Wildman–Crippen MR) is 83.5 cm³/mol. The van der Waals surface area contributed by atoms with Crippen LogP contribution in [0.25, 0.3) is 0 Å². The number of benzene rings is 1. The van der Waals surface area contributed by atoms with Crippen LogP contribution in [-0.4, -0.2) is 36.6 Å². The highest BCUT2D eigenvalue weighted by Crippen LogP contribution is 2.28. The minimum Gasteiger partial charge on any atom is -0.491 e. The van der Waals surface area contributed by atoms with Crippen molar-refractivity contribution < 1.29 is 14.6 Å². The van der Waals surface area contributed by atoms with Gasteiger partial charge in [0.1, 0.15) is 18.5 Å². The Bertz CT molecular complexity index is 421. The number of hydrogen-bond acceptors (Lipinski definition) is 4. The summed E-state index contributed by atoms with van der Waals surface area (Å²) in [5, 5.41) is 9.83. The summed E-state index contributed by atoms with van der Waals surface area (Å²) < 4.78 is 11.2. The predicted octanol–water partition coefficient (Wildman–Crippen LogP) is 2.13. The van der Waals surface area contributed by atoms with E-state index < -0.39 is 11.6 Å². The summed E-state index contributed by atoms with van der Waals surface area (Å²) in [4.78, 5) is 0. The molecule has 2 rings (SSSR count). The zero-order valence-electron chi connectivity index (χ0n) is 13.0. The maximum Gasteiger partial charge on any atom is 0.119 e. The molecule has 1 aromatic carbocycles. The number of nitrogens with two attached hydrogens (primary N) is 1. The second-order valence-corrected chi connectivity index (χ2v) is 6.56. The minimum atomic E-state index is -0.687. The molecule has 1 atom stereocenters. The lowest BCUT2D eigenvalue weighted by Crippen LogP contribution is -2.48. The zero-order chi connectivity index (χ0) is 15.3. The fourth-order valence-corrected chi connectivity index (χ4v) is 1.87. The van der Waals surface area contributed by atoms with Gasteiger partial charge in [-0.15, -0.1) is 0 Å². The second-order valence-electron chi connectivity index (χ2n) is 6.56. The number of ether oxygens (including phenoxy) is 2. The molecule has 1 aromatic rings. The molecular weight excluding hydrogens is 266 g/mol. The number of aliphatic hydroxyl groups is 1. The molecule has 118 valence electrons. The van der Waals surface area contributed by atoms with Gasteiger partial charge < -0.3 is 20.3 Å². The zero-order valence-corrected chi connectivity index (χ0v) is 13.0. The smallest absolute Gasteiger partial charge is 0.119 e. The topological polar surface area (TPSA) is 64.7 Å². The fraction of sp³-hybridized carbons (Fsp3) is 0.647. The Kier molecular flexibility index (Phi) is 5.62. The number of hydrogen-bond donors (Lipinski definition) is 2. The molecule has 0 aromatic heterocycles. The average Bonchev–Trinajstić information content (AvgIpc) is 3.25. The monoisotopic (exact) mass is 293 g/mol. The highest BCUT2D eigenvalue weighted by Gasteiger charge is 2.23. The van der Waals surface area contributed by atoms with Crippen LogP contribution in [0.5, 0.6) is 5.75 Å². The largest absolute Gasteiger partial charge is 0.491 e. The van der Waals surface area contributed by atoms with Crippen LogP contribution in [0.2, 0.25) is 0 Å². The molecule has 0 bridgehead atoms. The molecule has 3 N–H and O–H groups in total. The van der Waals surface area contributed by atoms with Crippen molar-refractivity contribution in [3.63, 3.8) is 0 Å². The van der Waals surface area contributed by atoms with Crippen LogP contribution in [0.3, 0.4) is 0 Å². The first-order valence-electron chi connectivity index (χ1n) is 7.71. The Hall–Kier alpha value is -1.10. The summed E-state index contributed by atoms with van der Waals surface area (Å²) in [5.74, 6) is 1.57. The maximum absolute atomic E-state index is 9.83. The van der Waals surface area contributed by atoms with Crippen LogP contribution in [0.4, 0.5) is 0 Å². The van der Waals surface area contributed by atoms with Crippen molar-refractivity contribution in [3.8, 4) is 5.75 Å². The molecule has 1 fully saturated rings. The van der Waals surface area contributed by atoms with Gasteiger partial charge in [0, 0.05) is 12.1 Å². The molecule has 4 nitrogen and oxygen atoms in total. The molecule has 21 heavy (non-hydrogen) atoms. The first-order valence-corrected chi connectivity index (χ1v) is 7.71. The summed E-state index contributed by atoms with van der Waals surface area (Å²) in [6.07, 6.45) is 2.90. The van der Waals surface area contributed by atoms with Crippen LogP contribution >= 0.6 is 0 Å². The van der Waals surface area contributed by atoms with Gasteiger partial charge in [-0.2, -0.15) is 0 Å². The van der Waals surface area contributed by atoms with Crippen molar-refractivity contribution in [1.82, 2.24) is 0 Å². The van der Waals surface area contributed by atoms with E-state index in [1.807, 2.05) is 24.3 Å². The molecule has 1 aliphatic carbocycles. The lowest BCUT2D eigenvalue weighted by atomic mass is 10.00. The van der Waals surface area contributed by atoms with Gasteiger partial charge in [0.2, 0.25) is 0 Å². The first kappa shape index (κ1) is 16.3. The molecule has 1 unspecified atom stereocenters.